The maximum absolute atomic E-state index is 8.99. The average molecular weight is 308 g/mol. The summed E-state index contributed by atoms with van der Waals surface area (Å²) in [4.78, 5) is 0. The number of nitrogens with one attached hydrogen (secondary N) is 1. The molecule has 3 nitrogen and oxygen atoms in total. The highest BCUT2D eigenvalue weighted by Gasteiger charge is 2.09. The van der Waals surface area contributed by atoms with Gasteiger partial charge in [-0.1, -0.05) is 28.1 Å². The van der Waals surface area contributed by atoms with Crippen LogP contribution < -0.4 is 5.32 Å². The normalized spacial score (nSPS) is 9.94. The van der Waals surface area contributed by atoms with E-state index in [1.807, 2.05) is 31.2 Å². The van der Waals surface area contributed by atoms with E-state index >= 15 is 0 Å². The lowest BCUT2D eigenvalue weighted by molar-refractivity contribution is 1.15. The highest BCUT2D eigenvalue weighted by Crippen LogP contribution is 2.24. The molecule has 1 heterocycles. The molecule has 17 heavy (non-hydrogen) atoms. The summed E-state index contributed by atoms with van der Waals surface area (Å²) in [6.07, 6.45) is 0. The molecule has 0 radical (unpaired) electrons. The molecule has 86 valence electrons. The van der Waals surface area contributed by atoms with Gasteiger partial charge in [0, 0.05) is 11.0 Å². The molecule has 5 heteroatoms. The molecule has 0 bridgehead atoms. The number of nitrogens with zero attached hydrogens (tertiary/aromatic N) is 2. The first-order valence-electron chi connectivity index (χ1n) is 5.05. The first-order chi connectivity index (χ1) is 8.20. The van der Waals surface area contributed by atoms with Crippen LogP contribution in [-0.4, -0.2) is 4.37 Å². The van der Waals surface area contributed by atoms with Crippen LogP contribution in [0, 0.1) is 18.3 Å². The van der Waals surface area contributed by atoms with E-state index in [1.165, 1.54) is 17.1 Å². The summed E-state index contributed by atoms with van der Waals surface area (Å²) in [6.45, 7) is 2.55. The third kappa shape index (κ3) is 2.84. The SMILES string of the molecule is Cc1nsc(NCc2ccc(Br)cc2)c1C#N. The molecule has 1 aromatic heterocycles. The van der Waals surface area contributed by atoms with Crippen LogP contribution in [0.1, 0.15) is 16.8 Å². The fraction of sp³-hybridized carbons (Fsp3) is 0.167. The summed E-state index contributed by atoms with van der Waals surface area (Å²) in [5, 5.41) is 13.1. The minimum absolute atomic E-state index is 0.645. The Bertz CT molecular complexity index is 554. The van der Waals surface area contributed by atoms with E-state index in [0.29, 0.717) is 12.1 Å². The number of aromatic nitrogens is 1. The molecule has 0 aliphatic heterocycles. The molecule has 0 amide bonds. The molecule has 2 rings (SSSR count). The molecular formula is C12H10BrN3S. The zero-order valence-electron chi connectivity index (χ0n) is 9.20. The topological polar surface area (TPSA) is 48.7 Å². The van der Waals surface area contributed by atoms with E-state index in [4.69, 9.17) is 5.26 Å². The van der Waals surface area contributed by atoms with Gasteiger partial charge < -0.3 is 5.32 Å². The molecule has 1 aromatic carbocycles. The molecule has 0 spiro atoms. The van der Waals surface area contributed by atoms with Gasteiger partial charge >= 0.3 is 0 Å². The summed E-state index contributed by atoms with van der Waals surface area (Å²) < 4.78 is 5.23. The standard InChI is InChI=1S/C12H10BrN3S/c1-8-11(6-14)12(17-16-8)15-7-9-2-4-10(13)5-3-9/h2-5,15H,7H2,1H3. The third-order valence-electron chi connectivity index (χ3n) is 2.34. The van der Waals surface area contributed by atoms with Crippen LogP contribution in [-0.2, 0) is 6.54 Å². The molecule has 0 saturated heterocycles. The van der Waals surface area contributed by atoms with Crippen LogP contribution in [0.5, 0.6) is 0 Å². The number of aryl methyl sites for hydroxylation is 1. The zero-order chi connectivity index (χ0) is 12.3. The lowest BCUT2D eigenvalue weighted by Crippen LogP contribution is -1.98. The fourth-order valence-electron chi connectivity index (χ4n) is 1.41. The Hall–Kier alpha value is -1.38. The summed E-state index contributed by atoms with van der Waals surface area (Å²) in [6, 6.07) is 10.2. The second-order valence-electron chi connectivity index (χ2n) is 3.56. The zero-order valence-corrected chi connectivity index (χ0v) is 11.6. The van der Waals surface area contributed by atoms with Crippen molar-refractivity contribution in [3.63, 3.8) is 0 Å². The molecule has 0 fully saturated rings. The molecular weight excluding hydrogens is 298 g/mol. The van der Waals surface area contributed by atoms with Gasteiger partial charge in [0.2, 0.25) is 0 Å². The average Bonchev–Trinajstić information content (AvgIpc) is 2.69. The van der Waals surface area contributed by atoms with Crippen molar-refractivity contribution in [1.82, 2.24) is 4.37 Å². The lowest BCUT2D eigenvalue weighted by Gasteiger charge is -2.04. The van der Waals surface area contributed by atoms with Gasteiger partial charge in [-0.05, 0) is 36.2 Å². The molecule has 0 unspecified atom stereocenters. The van der Waals surface area contributed by atoms with Crippen molar-refractivity contribution in [3.8, 4) is 6.07 Å². The highest BCUT2D eigenvalue weighted by atomic mass is 79.9. The molecule has 0 aliphatic carbocycles. The smallest absolute Gasteiger partial charge is 0.127 e. The van der Waals surface area contributed by atoms with Crippen LogP contribution in [0.25, 0.3) is 0 Å². The number of anilines is 1. The van der Waals surface area contributed by atoms with Gasteiger partial charge in [0.25, 0.3) is 0 Å². The number of halogens is 1. The predicted octanol–water partition coefficient (Wildman–Crippen LogP) is 3.70. The second kappa shape index (κ2) is 5.30. The summed E-state index contributed by atoms with van der Waals surface area (Å²) in [5.41, 5.74) is 2.60. The first kappa shape index (κ1) is 12.1. The molecule has 2 aromatic rings. The highest BCUT2D eigenvalue weighted by molar-refractivity contribution is 9.10. The number of rotatable bonds is 3. The quantitative estimate of drug-likeness (QED) is 0.940. The van der Waals surface area contributed by atoms with E-state index in [0.717, 1.165) is 15.2 Å². The van der Waals surface area contributed by atoms with Crippen molar-refractivity contribution in [2.45, 2.75) is 13.5 Å². The van der Waals surface area contributed by atoms with Crippen molar-refractivity contribution in [2.75, 3.05) is 5.32 Å². The van der Waals surface area contributed by atoms with Crippen LogP contribution in [0.15, 0.2) is 28.7 Å². The monoisotopic (exact) mass is 307 g/mol. The minimum Gasteiger partial charge on any atom is -0.370 e. The lowest BCUT2D eigenvalue weighted by atomic mass is 10.2. The summed E-state index contributed by atoms with van der Waals surface area (Å²) in [5.74, 6) is 0. The van der Waals surface area contributed by atoms with E-state index in [9.17, 15) is 0 Å². The van der Waals surface area contributed by atoms with Gasteiger partial charge in [0.15, 0.2) is 0 Å². The van der Waals surface area contributed by atoms with E-state index in [2.05, 4.69) is 31.7 Å². The molecule has 0 atom stereocenters. The number of benzene rings is 1. The number of hydrogen-bond donors (Lipinski definition) is 1. The van der Waals surface area contributed by atoms with Crippen LogP contribution in [0.2, 0.25) is 0 Å². The van der Waals surface area contributed by atoms with Crippen molar-refractivity contribution < 1.29 is 0 Å². The summed E-state index contributed by atoms with van der Waals surface area (Å²) in [7, 11) is 0. The van der Waals surface area contributed by atoms with E-state index in [1.54, 1.807) is 0 Å². The Morgan fingerprint density at radius 1 is 1.41 bits per heavy atom. The fourth-order valence-corrected chi connectivity index (χ4v) is 2.41. The van der Waals surface area contributed by atoms with Crippen molar-refractivity contribution in [3.05, 3.63) is 45.6 Å². The van der Waals surface area contributed by atoms with Crippen LogP contribution >= 0.6 is 27.5 Å². The molecule has 1 N–H and O–H groups in total. The van der Waals surface area contributed by atoms with Gasteiger partial charge in [-0.25, -0.2) is 0 Å². The van der Waals surface area contributed by atoms with Gasteiger partial charge in [-0.15, -0.1) is 0 Å². The van der Waals surface area contributed by atoms with Crippen LogP contribution in [0.3, 0.4) is 0 Å². The third-order valence-corrected chi connectivity index (χ3v) is 3.77. The van der Waals surface area contributed by atoms with Gasteiger partial charge in [0.1, 0.15) is 16.6 Å². The maximum Gasteiger partial charge on any atom is 0.127 e. The maximum atomic E-state index is 8.99. The van der Waals surface area contributed by atoms with E-state index in [-0.39, 0.29) is 0 Å². The Morgan fingerprint density at radius 3 is 2.76 bits per heavy atom. The van der Waals surface area contributed by atoms with Crippen molar-refractivity contribution >= 4 is 32.5 Å². The van der Waals surface area contributed by atoms with E-state index < -0.39 is 0 Å². The van der Waals surface area contributed by atoms with Gasteiger partial charge in [-0.3, -0.25) is 0 Å². The number of nitriles is 1. The van der Waals surface area contributed by atoms with Gasteiger partial charge in [-0.2, -0.15) is 9.64 Å². The Morgan fingerprint density at radius 2 is 2.12 bits per heavy atom. The Labute approximate surface area is 112 Å². The predicted molar refractivity (Wildman–Crippen MR) is 73.0 cm³/mol. The van der Waals surface area contributed by atoms with Gasteiger partial charge in [0.05, 0.1) is 5.69 Å². The molecule has 0 aliphatic rings. The Balaban J connectivity index is 2.08. The van der Waals surface area contributed by atoms with Crippen molar-refractivity contribution in [1.29, 1.82) is 5.26 Å². The summed E-state index contributed by atoms with van der Waals surface area (Å²) >= 11 is 4.73. The Kier molecular flexibility index (Phi) is 3.77. The molecule has 0 saturated carbocycles. The minimum atomic E-state index is 0.645. The first-order valence-corrected chi connectivity index (χ1v) is 6.62. The second-order valence-corrected chi connectivity index (χ2v) is 5.25. The van der Waals surface area contributed by atoms with Crippen LogP contribution in [0.4, 0.5) is 5.00 Å². The number of hydrogen-bond acceptors (Lipinski definition) is 4. The van der Waals surface area contributed by atoms with Crippen molar-refractivity contribution in [2.24, 2.45) is 0 Å². The largest absolute Gasteiger partial charge is 0.370 e.